The van der Waals surface area contributed by atoms with E-state index in [1.54, 1.807) is 0 Å². The van der Waals surface area contributed by atoms with E-state index in [0.717, 1.165) is 44.3 Å². The number of likely N-dealkylation sites (N-methyl/N-ethyl adjacent to an activating group) is 1. The number of rotatable bonds is 6. The Bertz CT molecular complexity index is 704. The highest BCUT2D eigenvalue weighted by atomic mass is 16.3. The van der Waals surface area contributed by atoms with E-state index in [4.69, 9.17) is 0 Å². The molecule has 3 aliphatic rings. The summed E-state index contributed by atoms with van der Waals surface area (Å²) in [5.74, 6) is 0.500. The molecule has 1 aliphatic carbocycles. The van der Waals surface area contributed by atoms with E-state index in [-0.39, 0.29) is 35.9 Å². The van der Waals surface area contributed by atoms with Crippen molar-refractivity contribution in [1.29, 1.82) is 0 Å². The van der Waals surface area contributed by atoms with Crippen molar-refractivity contribution < 1.29 is 14.7 Å². The fourth-order valence-corrected chi connectivity index (χ4v) is 5.11. The fraction of sp³-hybridized carbons (Fsp3) is 0.636. The molecule has 2 unspecified atom stereocenters. The maximum atomic E-state index is 13.1. The second kappa shape index (κ2) is 8.21. The van der Waals surface area contributed by atoms with Crippen LogP contribution in [-0.4, -0.2) is 65.0 Å². The SMILES string of the molecule is CCN1CC(=O)N2C(c3ccccc3)C(C(=O)NCCC3CC(O)C3)C[C@@H]2C1. The summed E-state index contributed by atoms with van der Waals surface area (Å²) in [5.41, 5.74) is 1.05. The molecule has 3 atom stereocenters. The first kappa shape index (κ1) is 19.4. The van der Waals surface area contributed by atoms with Gasteiger partial charge in [0.15, 0.2) is 0 Å². The normalized spacial score (nSPS) is 32.7. The summed E-state index contributed by atoms with van der Waals surface area (Å²) in [6, 6.07) is 9.91. The second-order valence-corrected chi connectivity index (χ2v) is 8.55. The van der Waals surface area contributed by atoms with Crippen LogP contribution in [0.3, 0.4) is 0 Å². The first-order valence-corrected chi connectivity index (χ1v) is 10.6. The Morgan fingerprint density at radius 2 is 1.96 bits per heavy atom. The van der Waals surface area contributed by atoms with E-state index >= 15 is 0 Å². The Labute approximate surface area is 166 Å². The Kier molecular flexibility index (Phi) is 5.69. The fourth-order valence-electron chi connectivity index (χ4n) is 5.11. The third-order valence-electron chi connectivity index (χ3n) is 6.70. The van der Waals surface area contributed by atoms with Gasteiger partial charge in [-0.25, -0.2) is 0 Å². The van der Waals surface area contributed by atoms with Gasteiger partial charge in [0, 0.05) is 19.1 Å². The van der Waals surface area contributed by atoms with Crippen LogP contribution in [-0.2, 0) is 9.59 Å². The third kappa shape index (κ3) is 3.80. The van der Waals surface area contributed by atoms with E-state index in [1.807, 2.05) is 35.2 Å². The number of nitrogens with zero attached hydrogens (tertiary/aromatic N) is 2. The van der Waals surface area contributed by atoms with Gasteiger partial charge in [-0.3, -0.25) is 14.5 Å². The first-order valence-electron chi connectivity index (χ1n) is 10.6. The number of nitrogens with one attached hydrogen (secondary N) is 1. The van der Waals surface area contributed by atoms with Crippen LogP contribution in [0.5, 0.6) is 0 Å². The summed E-state index contributed by atoms with van der Waals surface area (Å²) in [4.78, 5) is 30.1. The quantitative estimate of drug-likeness (QED) is 0.780. The zero-order valence-electron chi connectivity index (χ0n) is 16.6. The predicted molar refractivity (Wildman–Crippen MR) is 106 cm³/mol. The Hall–Kier alpha value is -1.92. The molecule has 152 valence electrons. The number of piperazine rings is 1. The number of fused-ring (bicyclic) bond motifs is 1. The van der Waals surface area contributed by atoms with Gasteiger partial charge in [0.1, 0.15) is 0 Å². The van der Waals surface area contributed by atoms with Crippen molar-refractivity contribution in [3.05, 3.63) is 35.9 Å². The molecule has 0 bridgehead atoms. The molecule has 4 rings (SSSR count). The highest BCUT2D eigenvalue weighted by molar-refractivity contribution is 5.85. The van der Waals surface area contributed by atoms with Crippen molar-refractivity contribution in [3.63, 3.8) is 0 Å². The average Bonchev–Trinajstić information content (AvgIpc) is 3.07. The maximum Gasteiger partial charge on any atom is 0.237 e. The number of aliphatic hydroxyl groups is 1. The lowest BCUT2D eigenvalue weighted by Gasteiger charge is -2.39. The van der Waals surface area contributed by atoms with Gasteiger partial charge in [-0.15, -0.1) is 0 Å². The van der Waals surface area contributed by atoms with Crippen LogP contribution >= 0.6 is 0 Å². The largest absolute Gasteiger partial charge is 0.393 e. The zero-order valence-corrected chi connectivity index (χ0v) is 16.6. The van der Waals surface area contributed by atoms with Gasteiger partial charge in [-0.1, -0.05) is 37.3 Å². The number of hydrogen-bond acceptors (Lipinski definition) is 4. The van der Waals surface area contributed by atoms with Crippen LogP contribution in [0.25, 0.3) is 0 Å². The van der Waals surface area contributed by atoms with E-state index in [9.17, 15) is 14.7 Å². The van der Waals surface area contributed by atoms with Crippen molar-refractivity contribution in [2.45, 2.75) is 50.8 Å². The first-order chi connectivity index (χ1) is 13.6. The molecule has 1 aromatic carbocycles. The highest BCUT2D eigenvalue weighted by Crippen LogP contribution is 2.43. The van der Waals surface area contributed by atoms with E-state index in [2.05, 4.69) is 17.1 Å². The summed E-state index contributed by atoms with van der Waals surface area (Å²) in [6.07, 6.45) is 3.19. The molecular weight excluding hydrogens is 354 g/mol. The molecule has 6 nitrogen and oxygen atoms in total. The van der Waals surface area contributed by atoms with Crippen LogP contribution in [0.1, 0.15) is 44.2 Å². The van der Waals surface area contributed by atoms with Crippen LogP contribution in [0.15, 0.2) is 30.3 Å². The lowest BCUT2D eigenvalue weighted by Crippen LogP contribution is -2.54. The van der Waals surface area contributed by atoms with Crippen molar-refractivity contribution in [3.8, 4) is 0 Å². The summed E-state index contributed by atoms with van der Waals surface area (Å²) >= 11 is 0. The average molecular weight is 386 g/mol. The van der Waals surface area contributed by atoms with Gasteiger partial charge in [-0.05, 0) is 43.7 Å². The van der Waals surface area contributed by atoms with Crippen LogP contribution in [0.2, 0.25) is 0 Å². The number of benzene rings is 1. The van der Waals surface area contributed by atoms with Crippen molar-refractivity contribution >= 4 is 11.8 Å². The molecule has 1 aromatic rings. The summed E-state index contributed by atoms with van der Waals surface area (Å²) < 4.78 is 0. The number of carbonyl (C=O) groups is 2. The van der Waals surface area contributed by atoms with Crippen LogP contribution in [0.4, 0.5) is 0 Å². The number of amides is 2. The molecule has 0 radical (unpaired) electrons. The van der Waals surface area contributed by atoms with Gasteiger partial charge < -0.3 is 15.3 Å². The Morgan fingerprint density at radius 3 is 2.64 bits per heavy atom. The standard InChI is InChI=1S/C22H31N3O3/c1-2-24-13-17-12-19(22(28)23-9-8-15-10-18(26)11-15)21(25(17)20(27)14-24)16-6-4-3-5-7-16/h3-7,15,17-19,21,26H,2,8-14H2,1H3,(H,23,28)/t15?,17-,18?,19?,21?/m1/s1. The molecule has 2 saturated heterocycles. The molecule has 0 aromatic heterocycles. The number of hydrogen-bond donors (Lipinski definition) is 2. The highest BCUT2D eigenvalue weighted by Gasteiger charge is 2.49. The van der Waals surface area contributed by atoms with Gasteiger partial charge in [0.2, 0.25) is 11.8 Å². The monoisotopic (exact) mass is 385 g/mol. The molecule has 2 heterocycles. The molecule has 28 heavy (non-hydrogen) atoms. The predicted octanol–water partition coefficient (Wildman–Crippen LogP) is 1.56. The second-order valence-electron chi connectivity index (χ2n) is 8.55. The van der Waals surface area contributed by atoms with Crippen molar-refractivity contribution in [2.75, 3.05) is 26.2 Å². The van der Waals surface area contributed by atoms with Crippen LogP contribution in [0, 0.1) is 11.8 Å². The maximum absolute atomic E-state index is 13.1. The minimum Gasteiger partial charge on any atom is -0.393 e. The molecule has 6 heteroatoms. The number of aliphatic hydroxyl groups excluding tert-OH is 1. The molecular formula is C22H31N3O3. The smallest absolute Gasteiger partial charge is 0.237 e. The Morgan fingerprint density at radius 1 is 1.21 bits per heavy atom. The van der Waals surface area contributed by atoms with Gasteiger partial charge in [-0.2, -0.15) is 0 Å². The minimum atomic E-state index is -0.208. The molecule has 1 saturated carbocycles. The summed E-state index contributed by atoms with van der Waals surface area (Å²) in [7, 11) is 0. The Balaban J connectivity index is 1.47. The molecule has 3 fully saturated rings. The molecule has 2 N–H and O–H groups in total. The molecule has 2 amide bonds. The van der Waals surface area contributed by atoms with Crippen LogP contribution < -0.4 is 5.32 Å². The third-order valence-corrected chi connectivity index (χ3v) is 6.70. The number of carbonyl (C=O) groups excluding carboxylic acids is 2. The van der Waals surface area contributed by atoms with E-state index < -0.39 is 0 Å². The summed E-state index contributed by atoms with van der Waals surface area (Å²) in [6.45, 7) is 4.86. The van der Waals surface area contributed by atoms with E-state index in [1.165, 1.54) is 0 Å². The summed E-state index contributed by atoms with van der Waals surface area (Å²) in [5, 5.41) is 12.5. The lowest BCUT2D eigenvalue weighted by atomic mass is 9.80. The van der Waals surface area contributed by atoms with Crippen molar-refractivity contribution in [1.82, 2.24) is 15.1 Å². The van der Waals surface area contributed by atoms with Gasteiger partial charge in [0.25, 0.3) is 0 Å². The minimum absolute atomic E-state index is 0.0546. The van der Waals surface area contributed by atoms with E-state index in [0.29, 0.717) is 19.0 Å². The van der Waals surface area contributed by atoms with Gasteiger partial charge >= 0.3 is 0 Å². The molecule has 2 aliphatic heterocycles. The van der Waals surface area contributed by atoms with Gasteiger partial charge in [0.05, 0.1) is 24.6 Å². The topological polar surface area (TPSA) is 72.9 Å². The zero-order chi connectivity index (χ0) is 19.7. The lowest BCUT2D eigenvalue weighted by molar-refractivity contribution is -0.140. The van der Waals surface area contributed by atoms with Crippen molar-refractivity contribution in [2.24, 2.45) is 11.8 Å². The molecule has 0 spiro atoms.